The number of nitriles is 1. The van der Waals surface area contributed by atoms with Crippen LogP contribution in [0.2, 0.25) is 5.02 Å². The summed E-state index contributed by atoms with van der Waals surface area (Å²) in [6, 6.07) is 16.7. The van der Waals surface area contributed by atoms with E-state index >= 15 is 0 Å². The Morgan fingerprint density at radius 2 is 1.86 bits per heavy atom. The van der Waals surface area contributed by atoms with Gasteiger partial charge in [-0.3, -0.25) is 0 Å². The number of methoxy groups -OCH3 is 1. The Balaban J connectivity index is 2.19. The molecule has 0 N–H and O–H groups in total. The molecule has 1 aromatic heterocycles. The number of ether oxygens (including phenoxy) is 1. The van der Waals surface area contributed by atoms with Crippen molar-refractivity contribution in [3.8, 4) is 28.8 Å². The van der Waals surface area contributed by atoms with Crippen LogP contribution in [0.25, 0.3) is 16.9 Å². The molecule has 2 aromatic carbocycles. The van der Waals surface area contributed by atoms with Gasteiger partial charge < -0.3 is 4.74 Å². The predicted molar refractivity (Wildman–Crippen MR) is 83.1 cm³/mol. The van der Waals surface area contributed by atoms with Crippen molar-refractivity contribution < 1.29 is 4.74 Å². The van der Waals surface area contributed by atoms with Crippen molar-refractivity contribution in [1.82, 2.24) is 15.0 Å². The van der Waals surface area contributed by atoms with Crippen molar-refractivity contribution in [3.05, 3.63) is 59.2 Å². The second-order valence-electron chi connectivity index (χ2n) is 4.49. The summed E-state index contributed by atoms with van der Waals surface area (Å²) >= 11 is 6.25. The van der Waals surface area contributed by atoms with Gasteiger partial charge in [-0.1, -0.05) is 35.0 Å². The van der Waals surface area contributed by atoms with E-state index in [9.17, 15) is 5.26 Å². The summed E-state index contributed by atoms with van der Waals surface area (Å²) < 4.78 is 6.74. The van der Waals surface area contributed by atoms with E-state index in [1.807, 2.05) is 42.5 Å². The van der Waals surface area contributed by atoms with Crippen molar-refractivity contribution in [2.75, 3.05) is 7.11 Å². The Bertz CT molecular complexity index is 849. The fourth-order valence-electron chi connectivity index (χ4n) is 2.16. The predicted octanol–water partition coefficient (Wildman–Crippen LogP) is 3.47. The van der Waals surface area contributed by atoms with Crippen LogP contribution in [0.4, 0.5) is 0 Å². The molecule has 0 radical (unpaired) electrons. The van der Waals surface area contributed by atoms with Gasteiger partial charge in [0.1, 0.15) is 17.5 Å². The first-order valence-electron chi connectivity index (χ1n) is 6.49. The quantitative estimate of drug-likeness (QED) is 0.743. The summed E-state index contributed by atoms with van der Waals surface area (Å²) in [4.78, 5) is 0. The lowest BCUT2D eigenvalue weighted by Crippen LogP contribution is -2.00. The Hall–Kier alpha value is -2.84. The first kappa shape index (κ1) is 14.1. The van der Waals surface area contributed by atoms with Crippen LogP contribution in [-0.2, 0) is 0 Å². The van der Waals surface area contributed by atoms with E-state index in [4.69, 9.17) is 16.3 Å². The maximum atomic E-state index is 9.28. The number of aromatic nitrogens is 3. The smallest absolute Gasteiger partial charge is 0.191 e. The maximum absolute atomic E-state index is 9.28. The normalized spacial score (nSPS) is 10.2. The van der Waals surface area contributed by atoms with Crippen LogP contribution in [0.1, 0.15) is 5.69 Å². The zero-order chi connectivity index (χ0) is 15.5. The number of halogens is 1. The molecule has 22 heavy (non-hydrogen) atoms. The number of rotatable bonds is 3. The van der Waals surface area contributed by atoms with Gasteiger partial charge in [0, 0.05) is 5.56 Å². The van der Waals surface area contributed by atoms with Gasteiger partial charge in [-0.25, -0.2) is 4.68 Å². The third-order valence-electron chi connectivity index (χ3n) is 3.22. The molecule has 0 aliphatic heterocycles. The highest BCUT2D eigenvalue weighted by atomic mass is 35.5. The standard InChI is InChI=1S/C16H11ClN4O/c1-22-12-8-6-11(7-9-12)21-16(15(10-18)19-20-21)13-4-2-3-5-14(13)17/h2-9H,1H3. The molecule has 0 saturated carbocycles. The van der Waals surface area contributed by atoms with Gasteiger partial charge in [0.15, 0.2) is 5.69 Å². The molecule has 3 aromatic rings. The van der Waals surface area contributed by atoms with Crippen molar-refractivity contribution in [1.29, 1.82) is 5.26 Å². The fourth-order valence-corrected chi connectivity index (χ4v) is 2.38. The number of nitrogens with zero attached hydrogens (tertiary/aromatic N) is 4. The van der Waals surface area contributed by atoms with Crippen molar-refractivity contribution >= 4 is 11.6 Å². The molecule has 0 bridgehead atoms. The molecule has 3 rings (SSSR count). The van der Waals surface area contributed by atoms with Crippen LogP contribution in [0.15, 0.2) is 48.5 Å². The van der Waals surface area contributed by atoms with Crippen LogP contribution >= 0.6 is 11.6 Å². The number of hydrogen-bond donors (Lipinski definition) is 0. The summed E-state index contributed by atoms with van der Waals surface area (Å²) in [5.74, 6) is 0.740. The highest BCUT2D eigenvalue weighted by molar-refractivity contribution is 6.33. The van der Waals surface area contributed by atoms with Gasteiger partial charge in [-0.2, -0.15) is 5.26 Å². The van der Waals surface area contributed by atoms with E-state index in [1.54, 1.807) is 17.9 Å². The minimum Gasteiger partial charge on any atom is -0.497 e. The van der Waals surface area contributed by atoms with Gasteiger partial charge in [0.2, 0.25) is 0 Å². The average Bonchev–Trinajstić information content (AvgIpc) is 2.99. The lowest BCUT2D eigenvalue weighted by molar-refractivity contribution is 0.414. The summed E-state index contributed by atoms with van der Waals surface area (Å²) in [6.07, 6.45) is 0. The topological polar surface area (TPSA) is 63.7 Å². The molecule has 5 nitrogen and oxygen atoms in total. The van der Waals surface area contributed by atoms with Crippen LogP contribution in [0.5, 0.6) is 5.75 Å². The van der Waals surface area contributed by atoms with Crippen molar-refractivity contribution in [2.45, 2.75) is 0 Å². The lowest BCUT2D eigenvalue weighted by atomic mass is 10.1. The van der Waals surface area contributed by atoms with Crippen LogP contribution in [-0.4, -0.2) is 22.1 Å². The largest absolute Gasteiger partial charge is 0.497 e. The highest BCUT2D eigenvalue weighted by Crippen LogP contribution is 2.31. The molecule has 0 aliphatic carbocycles. The third kappa shape index (κ3) is 2.41. The Morgan fingerprint density at radius 3 is 2.50 bits per heavy atom. The van der Waals surface area contributed by atoms with E-state index in [1.165, 1.54) is 0 Å². The summed E-state index contributed by atoms with van der Waals surface area (Å²) in [7, 11) is 1.60. The highest BCUT2D eigenvalue weighted by Gasteiger charge is 2.18. The second kappa shape index (κ2) is 5.88. The third-order valence-corrected chi connectivity index (χ3v) is 3.55. The van der Waals surface area contributed by atoms with Crippen molar-refractivity contribution in [2.24, 2.45) is 0 Å². The summed E-state index contributed by atoms with van der Waals surface area (Å²) in [5, 5.41) is 17.8. The van der Waals surface area contributed by atoms with E-state index in [0.29, 0.717) is 16.3 Å². The molecule has 0 atom stereocenters. The van der Waals surface area contributed by atoms with Gasteiger partial charge in [-0.15, -0.1) is 5.10 Å². The van der Waals surface area contributed by atoms with Gasteiger partial charge >= 0.3 is 0 Å². The minimum atomic E-state index is 0.226. The summed E-state index contributed by atoms with van der Waals surface area (Å²) in [5.41, 5.74) is 2.27. The Labute approximate surface area is 132 Å². The lowest BCUT2D eigenvalue weighted by Gasteiger charge is -2.09. The molecule has 6 heteroatoms. The Kier molecular flexibility index (Phi) is 3.77. The molecule has 0 fully saturated rings. The Morgan fingerprint density at radius 1 is 1.14 bits per heavy atom. The first-order valence-corrected chi connectivity index (χ1v) is 6.87. The zero-order valence-electron chi connectivity index (χ0n) is 11.7. The zero-order valence-corrected chi connectivity index (χ0v) is 12.4. The van der Waals surface area contributed by atoms with E-state index in [-0.39, 0.29) is 5.69 Å². The maximum Gasteiger partial charge on any atom is 0.191 e. The monoisotopic (exact) mass is 310 g/mol. The molecule has 0 unspecified atom stereocenters. The molecule has 1 heterocycles. The fraction of sp³-hybridized carbons (Fsp3) is 0.0625. The number of hydrogen-bond acceptors (Lipinski definition) is 4. The van der Waals surface area contributed by atoms with Gasteiger partial charge in [0.25, 0.3) is 0 Å². The number of benzene rings is 2. The summed E-state index contributed by atoms with van der Waals surface area (Å²) in [6.45, 7) is 0. The van der Waals surface area contributed by atoms with Gasteiger partial charge in [0.05, 0.1) is 17.8 Å². The van der Waals surface area contributed by atoms with E-state index < -0.39 is 0 Å². The van der Waals surface area contributed by atoms with Crippen LogP contribution in [0, 0.1) is 11.3 Å². The molecular formula is C16H11ClN4O. The molecule has 0 saturated heterocycles. The van der Waals surface area contributed by atoms with Crippen LogP contribution in [0.3, 0.4) is 0 Å². The molecule has 0 amide bonds. The SMILES string of the molecule is COc1ccc(-n2nnc(C#N)c2-c2ccccc2Cl)cc1. The second-order valence-corrected chi connectivity index (χ2v) is 4.90. The molecular weight excluding hydrogens is 300 g/mol. The average molecular weight is 311 g/mol. The van der Waals surface area contributed by atoms with E-state index in [0.717, 1.165) is 11.4 Å². The van der Waals surface area contributed by atoms with Gasteiger partial charge in [-0.05, 0) is 30.3 Å². The molecule has 0 aliphatic rings. The van der Waals surface area contributed by atoms with Crippen molar-refractivity contribution in [3.63, 3.8) is 0 Å². The first-order chi connectivity index (χ1) is 10.7. The molecule has 0 spiro atoms. The molecule has 108 valence electrons. The minimum absolute atomic E-state index is 0.226. The van der Waals surface area contributed by atoms with Crippen LogP contribution < -0.4 is 4.74 Å². The van der Waals surface area contributed by atoms with E-state index in [2.05, 4.69) is 16.4 Å².